The molecule has 5 rings (SSSR count). The number of nitrogens with zero attached hydrogens (tertiary/aromatic N) is 7. The molecule has 1 amide bonds. The van der Waals surface area contributed by atoms with Crippen molar-refractivity contribution in [3.63, 3.8) is 0 Å². The fourth-order valence-electron chi connectivity index (χ4n) is 3.04. The number of halogens is 1. The Bertz CT molecular complexity index is 1120. The van der Waals surface area contributed by atoms with Crippen molar-refractivity contribution in [1.29, 1.82) is 0 Å². The van der Waals surface area contributed by atoms with Crippen LogP contribution in [0.25, 0.3) is 21.3 Å². The molecule has 0 fully saturated rings. The lowest BCUT2D eigenvalue weighted by molar-refractivity contribution is 0.0708. The molecule has 4 heterocycles. The van der Waals surface area contributed by atoms with E-state index in [0.29, 0.717) is 47.5 Å². The molecule has 3 aromatic heterocycles. The minimum atomic E-state index is -0.366. The van der Waals surface area contributed by atoms with Gasteiger partial charge in [0.15, 0.2) is 27.1 Å². The van der Waals surface area contributed by atoms with E-state index in [1.165, 1.54) is 35.6 Å². The van der Waals surface area contributed by atoms with E-state index < -0.39 is 0 Å². The first-order valence-electron chi connectivity index (χ1n) is 8.24. The van der Waals surface area contributed by atoms with E-state index in [9.17, 15) is 9.18 Å². The highest BCUT2D eigenvalue weighted by Crippen LogP contribution is 2.28. The highest BCUT2D eigenvalue weighted by atomic mass is 32.1. The van der Waals surface area contributed by atoms with Crippen LogP contribution in [0.3, 0.4) is 0 Å². The van der Waals surface area contributed by atoms with Crippen LogP contribution in [-0.2, 0) is 13.1 Å². The molecule has 0 N–H and O–H groups in total. The molecule has 0 aliphatic carbocycles. The van der Waals surface area contributed by atoms with E-state index in [2.05, 4.69) is 25.1 Å². The second-order valence-electron chi connectivity index (χ2n) is 6.03. The summed E-state index contributed by atoms with van der Waals surface area (Å²) in [6.45, 7) is 1.40. The molecule has 0 saturated carbocycles. The first-order valence-corrected chi connectivity index (χ1v) is 9.05. The van der Waals surface area contributed by atoms with Crippen molar-refractivity contribution in [2.75, 3.05) is 6.54 Å². The summed E-state index contributed by atoms with van der Waals surface area (Å²) in [5.41, 5.74) is 1.03. The Morgan fingerprint density at radius 1 is 1.07 bits per heavy atom. The summed E-state index contributed by atoms with van der Waals surface area (Å²) in [6.07, 6.45) is 3.23. The van der Waals surface area contributed by atoms with E-state index in [4.69, 9.17) is 0 Å². The molecular formula is C17H12FN7OS. The molecule has 1 aromatic carbocycles. The van der Waals surface area contributed by atoms with Gasteiger partial charge in [0.05, 0.1) is 6.54 Å². The summed E-state index contributed by atoms with van der Waals surface area (Å²) in [4.78, 5) is 28.0. The van der Waals surface area contributed by atoms with Crippen LogP contribution >= 0.6 is 11.3 Å². The van der Waals surface area contributed by atoms with Gasteiger partial charge in [0.1, 0.15) is 5.82 Å². The summed E-state index contributed by atoms with van der Waals surface area (Å²) < 4.78 is 15.0. The second kappa shape index (κ2) is 6.16. The van der Waals surface area contributed by atoms with Crippen molar-refractivity contribution < 1.29 is 9.18 Å². The lowest BCUT2D eigenvalue weighted by Crippen LogP contribution is -2.38. The molecule has 0 unspecified atom stereocenters. The van der Waals surface area contributed by atoms with Crippen molar-refractivity contribution >= 4 is 27.7 Å². The number of rotatable bonds is 2. The second-order valence-corrected chi connectivity index (χ2v) is 7.01. The number of thiazole rings is 1. The van der Waals surface area contributed by atoms with Gasteiger partial charge < -0.3 is 9.47 Å². The molecule has 0 bridgehead atoms. The van der Waals surface area contributed by atoms with Gasteiger partial charge in [-0.2, -0.15) is 0 Å². The van der Waals surface area contributed by atoms with Crippen LogP contribution in [0.2, 0.25) is 0 Å². The number of benzene rings is 1. The van der Waals surface area contributed by atoms with Gasteiger partial charge >= 0.3 is 0 Å². The Kier molecular flexibility index (Phi) is 3.64. The van der Waals surface area contributed by atoms with Crippen molar-refractivity contribution in [3.8, 4) is 10.8 Å². The Morgan fingerprint density at radius 2 is 1.89 bits per heavy atom. The number of carbonyl (C=O) groups is 1. The zero-order valence-corrected chi connectivity index (χ0v) is 14.7. The lowest BCUT2D eigenvalue weighted by atomic mass is 10.2. The quantitative estimate of drug-likeness (QED) is 0.528. The van der Waals surface area contributed by atoms with Crippen LogP contribution in [0, 0.1) is 5.82 Å². The average Bonchev–Trinajstić information content (AvgIpc) is 3.31. The minimum absolute atomic E-state index is 0.154. The maximum atomic E-state index is 13.1. The molecule has 0 saturated heterocycles. The largest absolute Gasteiger partial charge is 0.329 e. The highest BCUT2D eigenvalue weighted by Gasteiger charge is 2.27. The van der Waals surface area contributed by atoms with Gasteiger partial charge in [-0.05, 0) is 24.3 Å². The van der Waals surface area contributed by atoms with Crippen LogP contribution in [0.4, 0.5) is 4.39 Å². The Balaban J connectivity index is 1.43. The third kappa shape index (κ3) is 2.74. The summed E-state index contributed by atoms with van der Waals surface area (Å²) >= 11 is 1.41. The maximum Gasteiger partial charge on any atom is 0.254 e. The van der Waals surface area contributed by atoms with Gasteiger partial charge in [-0.15, -0.1) is 10.2 Å². The van der Waals surface area contributed by atoms with E-state index >= 15 is 0 Å². The molecule has 1 aliphatic rings. The third-order valence-corrected chi connectivity index (χ3v) is 5.32. The van der Waals surface area contributed by atoms with E-state index in [-0.39, 0.29) is 11.7 Å². The third-order valence-electron chi connectivity index (χ3n) is 4.37. The first-order chi connectivity index (χ1) is 13.2. The van der Waals surface area contributed by atoms with Gasteiger partial charge in [-0.25, -0.2) is 19.3 Å². The van der Waals surface area contributed by atoms with Crippen LogP contribution < -0.4 is 0 Å². The van der Waals surface area contributed by atoms with E-state index in [1.54, 1.807) is 17.3 Å². The monoisotopic (exact) mass is 381 g/mol. The zero-order chi connectivity index (χ0) is 18.4. The van der Waals surface area contributed by atoms with Gasteiger partial charge in [0.25, 0.3) is 5.91 Å². The van der Waals surface area contributed by atoms with Gasteiger partial charge in [0.2, 0.25) is 0 Å². The molecule has 0 radical (unpaired) electrons. The number of aromatic nitrogens is 6. The number of fused-ring (bicyclic) bond motifs is 2. The number of hydrogen-bond acceptors (Lipinski definition) is 7. The van der Waals surface area contributed by atoms with Crippen LogP contribution in [0.1, 0.15) is 16.2 Å². The fraction of sp³-hybridized carbons (Fsp3) is 0.176. The highest BCUT2D eigenvalue weighted by molar-refractivity contribution is 7.21. The standard InChI is InChI=1S/C17H12FN7OS/c18-11-3-1-10(2-4-11)17(26)24-7-8-25-12(9-24)22-23-14(25)16-21-13-15(27-16)20-6-5-19-13/h1-6H,7-9H2. The van der Waals surface area contributed by atoms with Crippen LogP contribution in [-0.4, -0.2) is 47.1 Å². The van der Waals surface area contributed by atoms with Crippen molar-refractivity contribution in [2.45, 2.75) is 13.1 Å². The fourth-order valence-corrected chi connectivity index (χ4v) is 3.90. The predicted molar refractivity (Wildman–Crippen MR) is 95.4 cm³/mol. The summed E-state index contributed by atoms with van der Waals surface area (Å²) in [5, 5.41) is 9.19. The Hall–Kier alpha value is -3.27. The van der Waals surface area contributed by atoms with Crippen molar-refractivity contribution in [3.05, 3.63) is 53.9 Å². The van der Waals surface area contributed by atoms with Crippen LogP contribution in [0.15, 0.2) is 36.7 Å². The van der Waals surface area contributed by atoms with Crippen molar-refractivity contribution in [2.24, 2.45) is 0 Å². The summed E-state index contributed by atoms with van der Waals surface area (Å²) in [5.74, 6) is 0.823. The number of carbonyl (C=O) groups excluding carboxylic acids is 1. The van der Waals surface area contributed by atoms with Gasteiger partial charge in [0, 0.05) is 31.0 Å². The first kappa shape index (κ1) is 15.9. The zero-order valence-electron chi connectivity index (χ0n) is 13.9. The molecule has 1 aliphatic heterocycles. The number of hydrogen-bond donors (Lipinski definition) is 0. The minimum Gasteiger partial charge on any atom is -0.329 e. The molecule has 0 spiro atoms. The molecule has 27 heavy (non-hydrogen) atoms. The Morgan fingerprint density at radius 3 is 2.70 bits per heavy atom. The van der Waals surface area contributed by atoms with Gasteiger partial charge in [-0.3, -0.25) is 4.79 Å². The molecule has 0 atom stereocenters. The van der Waals surface area contributed by atoms with Crippen LogP contribution in [0.5, 0.6) is 0 Å². The SMILES string of the molecule is O=C(c1ccc(F)cc1)N1CCn2c(nnc2-c2nc3nccnc3s2)C1. The maximum absolute atomic E-state index is 13.1. The molecule has 10 heteroatoms. The molecule has 8 nitrogen and oxygen atoms in total. The van der Waals surface area contributed by atoms with Gasteiger partial charge in [-0.1, -0.05) is 11.3 Å². The Labute approximate surface area is 156 Å². The summed E-state index contributed by atoms with van der Waals surface area (Å²) in [7, 11) is 0. The topological polar surface area (TPSA) is 89.7 Å². The van der Waals surface area contributed by atoms with E-state index in [1.807, 2.05) is 4.57 Å². The molecular weight excluding hydrogens is 369 g/mol. The summed E-state index contributed by atoms with van der Waals surface area (Å²) in [6, 6.07) is 5.55. The van der Waals surface area contributed by atoms with Crippen molar-refractivity contribution in [1.82, 2.24) is 34.6 Å². The number of amides is 1. The molecule has 4 aromatic rings. The normalized spacial score (nSPS) is 13.7. The molecule has 134 valence electrons. The van der Waals surface area contributed by atoms with E-state index in [0.717, 1.165) is 4.83 Å². The smallest absolute Gasteiger partial charge is 0.254 e. The average molecular weight is 381 g/mol. The predicted octanol–water partition coefficient (Wildman–Crippen LogP) is 2.14. The lowest BCUT2D eigenvalue weighted by Gasteiger charge is -2.27.